The molecular formula is C22H17N3O2. The van der Waals surface area contributed by atoms with Crippen LogP contribution in [-0.4, -0.2) is 17.9 Å². The fourth-order valence-electron chi connectivity index (χ4n) is 4.64. The fraction of sp³-hybridized carbons (Fsp3) is 0.318. The van der Waals surface area contributed by atoms with E-state index in [1.54, 1.807) is 12.1 Å². The molecule has 2 aromatic rings. The predicted octanol–water partition coefficient (Wildman–Crippen LogP) is 3.66. The number of carbonyl (C=O) groups excluding carboxylic acids is 1. The van der Waals surface area contributed by atoms with Gasteiger partial charge in [0.25, 0.3) is 0 Å². The second-order valence-corrected chi connectivity index (χ2v) is 7.48. The van der Waals surface area contributed by atoms with E-state index < -0.39 is 23.4 Å². The van der Waals surface area contributed by atoms with Gasteiger partial charge in [-0.15, -0.1) is 0 Å². The molecule has 2 fully saturated rings. The highest BCUT2D eigenvalue weighted by Gasteiger charge is 2.65. The third kappa shape index (κ3) is 2.06. The standard InChI is InChI=1S/C22H17N3O2/c23-12-22(13-24)18-10-9-14-4-1-2-5-16(14)25(18)20(21(26)15-7-8-15)19(22)17-6-3-11-27-17/h1-6,9-11,15,18-20H,7-8H2/t18-,19-,20-/m0/s1. The van der Waals surface area contributed by atoms with Gasteiger partial charge in [0.05, 0.1) is 30.4 Å². The summed E-state index contributed by atoms with van der Waals surface area (Å²) < 4.78 is 5.65. The van der Waals surface area contributed by atoms with E-state index in [1.165, 1.54) is 6.26 Å². The second kappa shape index (κ2) is 5.59. The van der Waals surface area contributed by atoms with Crippen LogP contribution >= 0.6 is 0 Å². The van der Waals surface area contributed by atoms with Crippen LogP contribution in [0.15, 0.2) is 53.2 Å². The minimum absolute atomic E-state index is 0.0133. The summed E-state index contributed by atoms with van der Waals surface area (Å²) in [4.78, 5) is 15.4. The fourth-order valence-corrected chi connectivity index (χ4v) is 4.64. The molecule has 2 aliphatic heterocycles. The molecule has 0 amide bonds. The number of benzene rings is 1. The number of Topliss-reactive ketones (excluding diaryl/α,β-unsaturated/α-hetero) is 1. The summed E-state index contributed by atoms with van der Waals surface area (Å²) in [5, 5.41) is 20.3. The van der Waals surface area contributed by atoms with Crippen molar-refractivity contribution in [1.29, 1.82) is 10.5 Å². The smallest absolute Gasteiger partial charge is 0.179 e. The summed E-state index contributed by atoms with van der Waals surface area (Å²) in [5.41, 5.74) is 0.497. The van der Waals surface area contributed by atoms with Crippen LogP contribution in [0, 0.1) is 34.0 Å². The third-order valence-electron chi connectivity index (χ3n) is 6.04. The highest BCUT2D eigenvalue weighted by atomic mass is 16.3. The van der Waals surface area contributed by atoms with Gasteiger partial charge in [-0.1, -0.05) is 30.4 Å². The lowest BCUT2D eigenvalue weighted by Gasteiger charge is -2.35. The van der Waals surface area contributed by atoms with Gasteiger partial charge in [0.15, 0.2) is 11.2 Å². The Morgan fingerprint density at radius 3 is 2.59 bits per heavy atom. The van der Waals surface area contributed by atoms with Crippen molar-refractivity contribution in [1.82, 2.24) is 0 Å². The van der Waals surface area contributed by atoms with Crippen LogP contribution in [-0.2, 0) is 4.79 Å². The van der Waals surface area contributed by atoms with E-state index >= 15 is 0 Å². The van der Waals surface area contributed by atoms with Crippen LogP contribution in [0.2, 0.25) is 0 Å². The molecular weight excluding hydrogens is 338 g/mol. The van der Waals surface area contributed by atoms with Crippen molar-refractivity contribution < 1.29 is 9.21 Å². The van der Waals surface area contributed by atoms with Crippen LogP contribution in [0.3, 0.4) is 0 Å². The monoisotopic (exact) mass is 355 g/mol. The summed E-state index contributed by atoms with van der Waals surface area (Å²) in [7, 11) is 0. The number of carbonyl (C=O) groups is 1. The van der Waals surface area contributed by atoms with Crippen molar-refractivity contribution in [2.45, 2.75) is 30.8 Å². The SMILES string of the molecule is N#CC1(C#N)[C@@H]2C=Cc3ccccc3N2[C@H](C(=O)C2CC2)[C@@H]1c1ccco1. The molecule has 0 radical (unpaired) electrons. The molecule has 5 heteroatoms. The molecule has 3 heterocycles. The van der Waals surface area contributed by atoms with Gasteiger partial charge in [0, 0.05) is 11.6 Å². The molecule has 132 valence electrons. The number of anilines is 1. The number of hydrogen-bond donors (Lipinski definition) is 0. The van der Waals surface area contributed by atoms with Crippen molar-refractivity contribution in [3.8, 4) is 12.1 Å². The zero-order valence-corrected chi connectivity index (χ0v) is 14.6. The van der Waals surface area contributed by atoms with E-state index in [1.807, 2.05) is 41.3 Å². The summed E-state index contributed by atoms with van der Waals surface area (Å²) in [6.07, 6.45) is 7.13. The van der Waals surface area contributed by atoms with Crippen molar-refractivity contribution >= 4 is 17.5 Å². The summed E-state index contributed by atoms with van der Waals surface area (Å²) in [6.45, 7) is 0. The van der Waals surface area contributed by atoms with E-state index in [0.717, 1.165) is 24.1 Å². The number of para-hydroxylation sites is 1. The minimum atomic E-state index is -1.39. The number of rotatable bonds is 3. The summed E-state index contributed by atoms with van der Waals surface area (Å²) in [5.74, 6) is 0.0204. The molecule has 1 saturated carbocycles. The van der Waals surface area contributed by atoms with Crippen LogP contribution in [0.5, 0.6) is 0 Å². The highest BCUT2D eigenvalue weighted by molar-refractivity contribution is 5.95. The average molecular weight is 355 g/mol. The lowest BCUT2D eigenvalue weighted by molar-refractivity contribution is -0.121. The van der Waals surface area contributed by atoms with Gasteiger partial charge < -0.3 is 9.32 Å². The summed E-state index contributed by atoms with van der Waals surface area (Å²) >= 11 is 0. The number of nitrogens with zero attached hydrogens (tertiary/aromatic N) is 3. The van der Waals surface area contributed by atoms with Crippen LogP contribution in [0.1, 0.15) is 30.1 Å². The van der Waals surface area contributed by atoms with Crippen LogP contribution in [0.4, 0.5) is 5.69 Å². The van der Waals surface area contributed by atoms with Crippen molar-refractivity contribution in [2.75, 3.05) is 4.90 Å². The molecule has 1 saturated heterocycles. The first-order chi connectivity index (χ1) is 13.2. The van der Waals surface area contributed by atoms with E-state index in [9.17, 15) is 15.3 Å². The summed E-state index contributed by atoms with van der Waals surface area (Å²) in [6, 6.07) is 14.8. The molecule has 0 N–H and O–H groups in total. The largest absolute Gasteiger partial charge is 0.469 e. The topological polar surface area (TPSA) is 81.0 Å². The number of fused-ring (bicyclic) bond motifs is 3. The Kier molecular flexibility index (Phi) is 3.29. The molecule has 0 bridgehead atoms. The molecule has 3 atom stereocenters. The van der Waals surface area contributed by atoms with Gasteiger partial charge in [-0.3, -0.25) is 4.79 Å². The highest BCUT2D eigenvalue weighted by Crippen LogP contribution is 2.56. The third-order valence-corrected chi connectivity index (χ3v) is 6.04. The minimum Gasteiger partial charge on any atom is -0.469 e. The zero-order valence-electron chi connectivity index (χ0n) is 14.6. The molecule has 1 aliphatic carbocycles. The first-order valence-electron chi connectivity index (χ1n) is 9.16. The Balaban J connectivity index is 1.77. The molecule has 5 nitrogen and oxygen atoms in total. The first-order valence-corrected chi connectivity index (χ1v) is 9.16. The maximum atomic E-state index is 13.4. The second-order valence-electron chi connectivity index (χ2n) is 7.48. The van der Waals surface area contributed by atoms with Crippen LogP contribution in [0.25, 0.3) is 6.08 Å². The normalized spacial score (nSPS) is 27.3. The quantitative estimate of drug-likeness (QED) is 0.839. The lowest BCUT2D eigenvalue weighted by atomic mass is 9.71. The maximum Gasteiger partial charge on any atom is 0.179 e. The van der Waals surface area contributed by atoms with Gasteiger partial charge in [-0.2, -0.15) is 10.5 Å². The van der Waals surface area contributed by atoms with Crippen molar-refractivity contribution in [3.05, 3.63) is 60.1 Å². The predicted molar refractivity (Wildman–Crippen MR) is 98.4 cm³/mol. The van der Waals surface area contributed by atoms with Gasteiger partial charge in [0.2, 0.25) is 0 Å². The van der Waals surface area contributed by atoms with Crippen molar-refractivity contribution in [2.24, 2.45) is 11.3 Å². The number of furan rings is 1. The van der Waals surface area contributed by atoms with Gasteiger partial charge in [-0.25, -0.2) is 0 Å². The first kappa shape index (κ1) is 15.9. The van der Waals surface area contributed by atoms with Crippen LogP contribution < -0.4 is 4.90 Å². The van der Waals surface area contributed by atoms with E-state index in [-0.39, 0.29) is 11.7 Å². The number of hydrogen-bond acceptors (Lipinski definition) is 5. The van der Waals surface area contributed by atoms with Gasteiger partial charge in [-0.05, 0) is 36.6 Å². The van der Waals surface area contributed by atoms with Crippen molar-refractivity contribution in [3.63, 3.8) is 0 Å². The Morgan fingerprint density at radius 2 is 1.93 bits per heavy atom. The number of ketones is 1. The van der Waals surface area contributed by atoms with E-state index in [2.05, 4.69) is 12.1 Å². The zero-order chi connectivity index (χ0) is 18.6. The van der Waals surface area contributed by atoms with Gasteiger partial charge >= 0.3 is 0 Å². The molecule has 0 unspecified atom stereocenters. The average Bonchev–Trinajstić information content (AvgIpc) is 3.33. The Bertz CT molecular complexity index is 1010. The van der Waals surface area contributed by atoms with E-state index in [0.29, 0.717) is 5.76 Å². The van der Waals surface area contributed by atoms with Gasteiger partial charge in [0.1, 0.15) is 11.8 Å². The Hall–Kier alpha value is -3.31. The lowest BCUT2D eigenvalue weighted by Crippen LogP contribution is -2.44. The molecule has 1 aromatic carbocycles. The Morgan fingerprint density at radius 1 is 1.15 bits per heavy atom. The molecule has 27 heavy (non-hydrogen) atoms. The van der Waals surface area contributed by atoms with E-state index in [4.69, 9.17) is 4.42 Å². The maximum absolute atomic E-state index is 13.4. The molecule has 5 rings (SSSR count). The molecule has 1 aromatic heterocycles. The molecule has 3 aliphatic rings. The number of nitriles is 2. The molecule has 0 spiro atoms. The Labute approximate surface area is 157 Å².